The summed E-state index contributed by atoms with van der Waals surface area (Å²) in [5.41, 5.74) is 2.59. The van der Waals surface area contributed by atoms with E-state index >= 15 is 0 Å². The van der Waals surface area contributed by atoms with E-state index < -0.39 is 0 Å². The van der Waals surface area contributed by atoms with E-state index in [2.05, 4.69) is 15.2 Å². The van der Waals surface area contributed by atoms with Crippen molar-refractivity contribution in [2.75, 3.05) is 42.3 Å². The van der Waals surface area contributed by atoms with E-state index in [0.717, 1.165) is 34.5 Å². The first-order valence-corrected chi connectivity index (χ1v) is 9.84. The molecular formula is C16H18ClN3O2S2. The number of thiazole rings is 1. The molecule has 1 aromatic heterocycles. The Morgan fingerprint density at radius 3 is 2.96 bits per heavy atom. The summed E-state index contributed by atoms with van der Waals surface area (Å²) < 4.78 is 6.30. The van der Waals surface area contributed by atoms with Crippen molar-refractivity contribution >= 4 is 52.0 Å². The molecule has 0 atom stereocenters. The van der Waals surface area contributed by atoms with Crippen LogP contribution in [0.5, 0.6) is 0 Å². The number of nitrogens with one attached hydrogen (secondary N) is 1. The lowest BCUT2D eigenvalue weighted by Gasteiger charge is -2.31. The summed E-state index contributed by atoms with van der Waals surface area (Å²) in [6.07, 6.45) is 0. The van der Waals surface area contributed by atoms with Crippen LogP contribution in [0.2, 0.25) is 5.02 Å². The fraction of sp³-hybridized carbons (Fsp3) is 0.375. The van der Waals surface area contributed by atoms with Crippen LogP contribution < -0.4 is 10.2 Å². The second-order valence-electron chi connectivity index (χ2n) is 5.33. The highest BCUT2D eigenvalue weighted by molar-refractivity contribution is 8.01. The number of morpholine rings is 1. The number of halogens is 1. The van der Waals surface area contributed by atoms with Gasteiger partial charge in [0.1, 0.15) is 0 Å². The lowest BCUT2D eigenvalue weighted by molar-refractivity contribution is -0.113. The molecule has 0 radical (unpaired) electrons. The van der Waals surface area contributed by atoms with Crippen molar-refractivity contribution in [3.8, 4) is 0 Å². The SMILES string of the molecule is Cc1csc(SCC(=O)Nc2cccc(Cl)c2N2CCOCC2)n1. The van der Waals surface area contributed by atoms with E-state index in [1.807, 2.05) is 30.5 Å². The van der Waals surface area contributed by atoms with Crippen molar-refractivity contribution < 1.29 is 9.53 Å². The van der Waals surface area contributed by atoms with Gasteiger partial charge in [-0.3, -0.25) is 4.79 Å². The van der Waals surface area contributed by atoms with E-state index in [9.17, 15) is 4.79 Å². The second-order valence-corrected chi connectivity index (χ2v) is 7.81. The third kappa shape index (κ3) is 4.42. The summed E-state index contributed by atoms with van der Waals surface area (Å²) in [5, 5.41) is 5.59. The van der Waals surface area contributed by atoms with Crippen LogP contribution >= 0.6 is 34.7 Å². The van der Waals surface area contributed by atoms with Gasteiger partial charge in [-0.05, 0) is 19.1 Å². The molecule has 0 bridgehead atoms. The van der Waals surface area contributed by atoms with E-state index in [0.29, 0.717) is 24.0 Å². The zero-order chi connectivity index (χ0) is 16.9. The van der Waals surface area contributed by atoms with Crippen LogP contribution in [-0.4, -0.2) is 42.9 Å². The number of thioether (sulfide) groups is 1. The summed E-state index contributed by atoms with van der Waals surface area (Å²) in [7, 11) is 0. The number of hydrogen-bond acceptors (Lipinski definition) is 6. The first-order valence-electron chi connectivity index (χ1n) is 7.59. The molecule has 8 heteroatoms. The third-order valence-electron chi connectivity index (χ3n) is 3.51. The molecule has 1 amide bonds. The molecule has 1 aromatic carbocycles. The highest BCUT2D eigenvalue weighted by Gasteiger charge is 2.19. The summed E-state index contributed by atoms with van der Waals surface area (Å²) in [4.78, 5) is 18.8. The smallest absolute Gasteiger partial charge is 0.234 e. The minimum absolute atomic E-state index is 0.0652. The Hall–Kier alpha value is -1.28. The lowest BCUT2D eigenvalue weighted by atomic mass is 10.2. The molecule has 0 unspecified atom stereocenters. The van der Waals surface area contributed by atoms with Crippen LogP contribution in [0.15, 0.2) is 27.9 Å². The Kier molecular flexibility index (Phi) is 5.99. The van der Waals surface area contributed by atoms with Crippen LogP contribution in [0, 0.1) is 6.92 Å². The number of rotatable bonds is 5. The highest BCUT2D eigenvalue weighted by Crippen LogP contribution is 2.34. The molecule has 0 spiro atoms. The first kappa shape index (κ1) is 17.5. The van der Waals surface area contributed by atoms with Gasteiger partial charge in [0.2, 0.25) is 5.91 Å². The molecule has 128 valence electrons. The summed E-state index contributed by atoms with van der Waals surface area (Å²) in [5.74, 6) is 0.256. The van der Waals surface area contributed by atoms with Crippen LogP contribution in [0.1, 0.15) is 5.69 Å². The number of carbonyl (C=O) groups is 1. The van der Waals surface area contributed by atoms with Crippen molar-refractivity contribution in [2.45, 2.75) is 11.3 Å². The number of hydrogen-bond donors (Lipinski definition) is 1. The minimum Gasteiger partial charge on any atom is -0.378 e. The topological polar surface area (TPSA) is 54.5 Å². The van der Waals surface area contributed by atoms with Gasteiger partial charge in [0.15, 0.2) is 4.34 Å². The largest absolute Gasteiger partial charge is 0.378 e. The van der Waals surface area contributed by atoms with Crippen molar-refractivity contribution in [2.24, 2.45) is 0 Å². The van der Waals surface area contributed by atoms with Crippen LogP contribution in [0.3, 0.4) is 0 Å². The Balaban J connectivity index is 1.67. The summed E-state index contributed by atoms with van der Waals surface area (Å²) >= 11 is 9.37. The number of para-hydroxylation sites is 1. The van der Waals surface area contributed by atoms with Crippen LogP contribution in [0.25, 0.3) is 0 Å². The van der Waals surface area contributed by atoms with E-state index in [4.69, 9.17) is 16.3 Å². The summed E-state index contributed by atoms with van der Waals surface area (Å²) in [6.45, 7) is 4.80. The van der Waals surface area contributed by atoms with Crippen LogP contribution in [-0.2, 0) is 9.53 Å². The van der Waals surface area contributed by atoms with Gasteiger partial charge in [-0.25, -0.2) is 4.98 Å². The zero-order valence-electron chi connectivity index (χ0n) is 13.3. The minimum atomic E-state index is -0.0652. The van der Waals surface area contributed by atoms with Gasteiger partial charge in [0.05, 0.1) is 35.4 Å². The average molecular weight is 384 g/mol. The predicted octanol–water partition coefficient (Wildman–Crippen LogP) is 3.67. The molecule has 1 aliphatic rings. The summed E-state index contributed by atoms with van der Waals surface area (Å²) in [6, 6.07) is 5.57. The molecule has 0 aliphatic carbocycles. The number of benzene rings is 1. The van der Waals surface area contributed by atoms with Gasteiger partial charge < -0.3 is 15.0 Å². The number of nitrogens with zero attached hydrogens (tertiary/aromatic N) is 2. The molecule has 0 saturated carbocycles. The quantitative estimate of drug-likeness (QED) is 0.798. The molecule has 2 heterocycles. The number of aryl methyl sites for hydroxylation is 1. The number of carbonyl (C=O) groups excluding carboxylic acids is 1. The van der Waals surface area contributed by atoms with Gasteiger partial charge in [-0.15, -0.1) is 11.3 Å². The number of ether oxygens (including phenoxy) is 1. The number of aromatic nitrogens is 1. The van der Waals surface area contributed by atoms with Gasteiger partial charge in [-0.1, -0.05) is 29.4 Å². The molecule has 5 nitrogen and oxygen atoms in total. The Morgan fingerprint density at radius 1 is 1.46 bits per heavy atom. The molecule has 1 fully saturated rings. The maximum absolute atomic E-state index is 12.3. The fourth-order valence-electron chi connectivity index (χ4n) is 2.44. The monoisotopic (exact) mass is 383 g/mol. The van der Waals surface area contributed by atoms with E-state index in [1.54, 1.807) is 11.3 Å². The average Bonchev–Trinajstić information content (AvgIpc) is 2.99. The highest BCUT2D eigenvalue weighted by atomic mass is 35.5. The van der Waals surface area contributed by atoms with E-state index in [-0.39, 0.29) is 5.91 Å². The molecular weight excluding hydrogens is 366 g/mol. The van der Waals surface area contributed by atoms with Crippen molar-refractivity contribution in [3.05, 3.63) is 34.3 Å². The molecule has 3 rings (SSSR count). The molecule has 1 saturated heterocycles. The normalized spacial score (nSPS) is 14.7. The molecule has 1 aliphatic heterocycles. The molecule has 24 heavy (non-hydrogen) atoms. The standard InChI is InChI=1S/C16H18ClN3O2S2/c1-11-9-23-16(18-11)24-10-14(21)19-13-4-2-3-12(17)15(13)20-5-7-22-8-6-20/h2-4,9H,5-8,10H2,1H3,(H,19,21). The Bertz CT molecular complexity index is 717. The fourth-order valence-corrected chi connectivity index (χ4v) is 4.38. The molecule has 1 N–H and O–H groups in total. The number of amides is 1. The first-order chi connectivity index (χ1) is 11.6. The van der Waals surface area contributed by atoms with E-state index in [1.165, 1.54) is 11.8 Å². The van der Waals surface area contributed by atoms with Crippen molar-refractivity contribution in [3.63, 3.8) is 0 Å². The molecule has 2 aromatic rings. The van der Waals surface area contributed by atoms with Crippen molar-refractivity contribution in [1.82, 2.24) is 4.98 Å². The zero-order valence-corrected chi connectivity index (χ0v) is 15.6. The predicted molar refractivity (Wildman–Crippen MR) is 101 cm³/mol. The maximum atomic E-state index is 12.3. The van der Waals surface area contributed by atoms with Crippen LogP contribution in [0.4, 0.5) is 11.4 Å². The van der Waals surface area contributed by atoms with Crippen molar-refractivity contribution in [1.29, 1.82) is 0 Å². The lowest BCUT2D eigenvalue weighted by Crippen LogP contribution is -2.37. The third-order valence-corrected chi connectivity index (χ3v) is 5.96. The van der Waals surface area contributed by atoms with Gasteiger partial charge in [0, 0.05) is 24.2 Å². The number of anilines is 2. The maximum Gasteiger partial charge on any atom is 0.234 e. The van der Waals surface area contributed by atoms with Gasteiger partial charge >= 0.3 is 0 Å². The Morgan fingerprint density at radius 2 is 2.25 bits per heavy atom. The second kappa shape index (κ2) is 8.20. The Labute approximate surface area is 154 Å². The van der Waals surface area contributed by atoms with Gasteiger partial charge in [-0.2, -0.15) is 0 Å². The van der Waals surface area contributed by atoms with Gasteiger partial charge in [0.25, 0.3) is 0 Å².